The molecule has 0 aromatic heterocycles. The maximum atomic E-state index is 9.81. The van der Waals surface area contributed by atoms with E-state index in [0.717, 1.165) is 26.4 Å². The summed E-state index contributed by atoms with van der Waals surface area (Å²) in [6.07, 6.45) is 0. The normalized spacial score (nSPS) is 15.2. The molecular formula is C8H14O5. The maximum Gasteiger partial charge on any atom is 0.310 e. The molecular weight excluding hydrogens is 176 g/mol. The van der Waals surface area contributed by atoms with Crippen molar-refractivity contribution in [2.24, 2.45) is 0 Å². The Hall–Kier alpha value is -0.940. The van der Waals surface area contributed by atoms with Gasteiger partial charge < -0.3 is 14.2 Å². The van der Waals surface area contributed by atoms with Crippen LogP contribution in [0.15, 0.2) is 0 Å². The summed E-state index contributed by atoms with van der Waals surface area (Å²) in [4.78, 5) is 19.6. The van der Waals surface area contributed by atoms with E-state index in [9.17, 15) is 9.59 Å². The van der Waals surface area contributed by atoms with E-state index in [4.69, 9.17) is 9.47 Å². The molecule has 5 heteroatoms. The Bertz CT molecular complexity index is 138. The Morgan fingerprint density at radius 3 is 1.31 bits per heavy atom. The number of carbonyl (C=O) groups excluding carboxylic acids is 2. The molecule has 1 aliphatic rings. The summed E-state index contributed by atoms with van der Waals surface area (Å²) in [5.41, 5.74) is 0. The predicted molar refractivity (Wildman–Crippen MR) is 44.1 cm³/mol. The number of hydrogen-bond donors (Lipinski definition) is 0. The van der Waals surface area contributed by atoms with E-state index in [1.807, 2.05) is 0 Å². The largest absolute Gasteiger partial charge is 0.394 e. The molecule has 0 atom stereocenters. The predicted octanol–water partition coefficient (Wildman–Crippen LogP) is 0.129. The van der Waals surface area contributed by atoms with Gasteiger partial charge in [0.25, 0.3) is 0 Å². The van der Waals surface area contributed by atoms with Gasteiger partial charge in [0.05, 0.1) is 26.4 Å². The van der Waals surface area contributed by atoms with Crippen LogP contribution in [-0.4, -0.2) is 38.4 Å². The quantitative estimate of drug-likeness (QED) is 0.401. The molecule has 0 bridgehead atoms. The van der Waals surface area contributed by atoms with Gasteiger partial charge >= 0.3 is 11.9 Å². The van der Waals surface area contributed by atoms with Gasteiger partial charge in [-0.25, -0.2) is 0 Å². The molecule has 1 saturated heterocycles. The smallest absolute Gasteiger partial charge is 0.310 e. The van der Waals surface area contributed by atoms with Crippen LogP contribution in [0.3, 0.4) is 0 Å². The molecule has 1 rings (SSSR count). The van der Waals surface area contributed by atoms with Gasteiger partial charge in [0, 0.05) is 13.8 Å². The molecule has 1 fully saturated rings. The molecule has 1 aliphatic heterocycles. The number of rotatable bonds is 0. The van der Waals surface area contributed by atoms with Gasteiger partial charge in [0.15, 0.2) is 0 Å². The summed E-state index contributed by atoms with van der Waals surface area (Å²) >= 11 is 0. The highest BCUT2D eigenvalue weighted by molar-refractivity contribution is 5.82. The second kappa shape index (κ2) is 7.70. The van der Waals surface area contributed by atoms with Crippen molar-refractivity contribution in [3.63, 3.8) is 0 Å². The summed E-state index contributed by atoms with van der Waals surface area (Å²) < 4.78 is 13.9. The second-order valence-corrected chi connectivity index (χ2v) is 2.31. The van der Waals surface area contributed by atoms with Crippen LogP contribution in [0.25, 0.3) is 0 Å². The third kappa shape index (κ3) is 11.1. The second-order valence-electron chi connectivity index (χ2n) is 2.31. The molecule has 0 aromatic rings. The van der Waals surface area contributed by atoms with Gasteiger partial charge in [-0.1, -0.05) is 0 Å². The SMILES string of the molecule is C1COCCO1.CC(=O)OC(C)=O. The van der Waals surface area contributed by atoms with E-state index in [2.05, 4.69) is 4.74 Å². The fraction of sp³-hybridized carbons (Fsp3) is 0.750. The van der Waals surface area contributed by atoms with Crippen LogP contribution in [0.1, 0.15) is 13.8 Å². The van der Waals surface area contributed by atoms with E-state index in [1.54, 1.807) is 0 Å². The van der Waals surface area contributed by atoms with Crippen molar-refractivity contribution in [3.05, 3.63) is 0 Å². The highest BCUT2D eigenvalue weighted by Crippen LogP contribution is 1.85. The number of esters is 2. The van der Waals surface area contributed by atoms with Crippen molar-refractivity contribution in [2.75, 3.05) is 26.4 Å². The van der Waals surface area contributed by atoms with Crippen molar-refractivity contribution in [3.8, 4) is 0 Å². The van der Waals surface area contributed by atoms with E-state index < -0.39 is 11.9 Å². The molecule has 0 aromatic carbocycles. The highest BCUT2D eigenvalue weighted by atomic mass is 16.6. The van der Waals surface area contributed by atoms with Crippen molar-refractivity contribution < 1.29 is 23.8 Å². The Labute approximate surface area is 77.0 Å². The molecule has 0 spiro atoms. The third-order valence-corrected chi connectivity index (χ3v) is 1.03. The monoisotopic (exact) mass is 190 g/mol. The highest BCUT2D eigenvalue weighted by Gasteiger charge is 1.94. The summed E-state index contributed by atoms with van der Waals surface area (Å²) in [7, 11) is 0. The lowest BCUT2D eigenvalue weighted by molar-refractivity contribution is -0.156. The topological polar surface area (TPSA) is 61.8 Å². The van der Waals surface area contributed by atoms with Crippen LogP contribution >= 0.6 is 0 Å². The van der Waals surface area contributed by atoms with Crippen molar-refractivity contribution in [1.29, 1.82) is 0 Å². The number of ether oxygens (including phenoxy) is 3. The van der Waals surface area contributed by atoms with Crippen molar-refractivity contribution >= 4 is 11.9 Å². The van der Waals surface area contributed by atoms with E-state index in [1.165, 1.54) is 13.8 Å². The molecule has 0 amide bonds. The molecule has 1 heterocycles. The van der Waals surface area contributed by atoms with Crippen molar-refractivity contribution in [2.45, 2.75) is 13.8 Å². The van der Waals surface area contributed by atoms with Gasteiger partial charge in [-0.05, 0) is 0 Å². The zero-order chi connectivity index (χ0) is 10.1. The Kier molecular flexibility index (Phi) is 7.14. The lowest BCUT2D eigenvalue weighted by Crippen LogP contribution is -2.16. The van der Waals surface area contributed by atoms with Gasteiger partial charge in [-0.3, -0.25) is 9.59 Å². The number of carbonyl (C=O) groups is 2. The Morgan fingerprint density at radius 1 is 0.923 bits per heavy atom. The van der Waals surface area contributed by atoms with E-state index in [0.29, 0.717) is 0 Å². The molecule has 13 heavy (non-hydrogen) atoms. The lowest BCUT2D eigenvalue weighted by Gasteiger charge is -2.09. The first-order valence-corrected chi connectivity index (χ1v) is 3.97. The molecule has 0 N–H and O–H groups in total. The van der Waals surface area contributed by atoms with Crippen LogP contribution in [0.5, 0.6) is 0 Å². The molecule has 0 saturated carbocycles. The zero-order valence-electron chi connectivity index (χ0n) is 7.87. The first-order chi connectivity index (χ1) is 6.13. The van der Waals surface area contributed by atoms with E-state index in [-0.39, 0.29) is 0 Å². The minimum Gasteiger partial charge on any atom is -0.394 e. The lowest BCUT2D eigenvalue weighted by atomic mass is 10.6. The third-order valence-electron chi connectivity index (χ3n) is 1.03. The zero-order valence-corrected chi connectivity index (χ0v) is 7.87. The standard InChI is InChI=1S/C4H6O3.C4H8O2/c1-3(5)7-4(2)6;1-2-6-4-3-5-1/h1-2H3;1-4H2. The Balaban J connectivity index is 0.000000223. The van der Waals surface area contributed by atoms with Crippen LogP contribution in [0, 0.1) is 0 Å². The first-order valence-electron chi connectivity index (χ1n) is 3.97. The number of hydrogen-bond acceptors (Lipinski definition) is 5. The minimum absolute atomic E-state index is 0.562. The molecule has 5 nitrogen and oxygen atoms in total. The average Bonchev–Trinajstić information content (AvgIpc) is 2.06. The molecule has 76 valence electrons. The van der Waals surface area contributed by atoms with Gasteiger partial charge in [-0.2, -0.15) is 0 Å². The van der Waals surface area contributed by atoms with Gasteiger partial charge in [0.2, 0.25) is 0 Å². The van der Waals surface area contributed by atoms with Crippen LogP contribution in [-0.2, 0) is 23.8 Å². The van der Waals surface area contributed by atoms with Gasteiger partial charge in [-0.15, -0.1) is 0 Å². The van der Waals surface area contributed by atoms with Crippen LogP contribution in [0.4, 0.5) is 0 Å². The summed E-state index contributed by atoms with van der Waals surface area (Å²) in [5, 5.41) is 0. The summed E-state index contributed by atoms with van der Waals surface area (Å²) in [6.45, 7) is 5.48. The van der Waals surface area contributed by atoms with E-state index >= 15 is 0 Å². The Morgan fingerprint density at radius 2 is 1.23 bits per heavy atom. The fourth-order valence-corrected chi connectivity index (χ4v) is 0.642. The molecule has 0 aliphatic carbocycles. The van der Waals surface area contributed by atoms with Crippen LogP contribution < -0.4 is 0 Å². The average molecular weight is 190 g/mol. The van der Waals surface area contributed by atoms with Crippen LogP contribution in [0.2, 0.25) is 0 Å². The first kappa shape index (κ1) is 12.1. The molecule has 0 radical (unpaired) electrons. The minimum atomic E-state index is -0.562. The van der Waals surface area contributed by atoms with Crippen molar-refractivity contribution in [1.82, 2.24) is 0 Å². The maximum absolute atomic E-state index is 9.81. The molecule has 0 unspecified atom stereocenters. The summed E-state index contributed by atoms with van der Waals surface area (Å²) in [5.74, 6) is -1.12. The summed E-state index contributed by atoms with van der Waals surface area (Å²) in [6, 6.07) is 0. The fourth-order valence-electron chi connectivity index (χ4n) is 0.642. The van der Waals surface area contributed by atoms with Gasteiger partial charge in [0.1, 0.15) is 0 Å².